The Morgan fingerprint density at radius 2 is 1.14 bits per heavy atom. The van der Waals surface area contributed by atoms with Crippen LogP contribution in [0.15, 0.2) is 30.3 Å². The van der Waals surface area contributed by atoms with E-state index in [9.17, 15) is 67.7 Å². The third-order valence-electron chi connectivity index (χ3n) is 17.1. The lowest BCUT2D eigenvalue weighted by molar-refractivity contribution is -0.157. The molecule has 17 atom stereocenters. The van der Waals surface area contributed by atoms with Gasteiger partial charge in [-0.1, -0.05) is 124 Å². The molecule has 1 saturated heterocycles. The Morgan fingerprint density at radius 3 is 1.64 bits per heavy atom. The number of likely N-dealkylation sites (N-methyl/N-ethyl adjacent to an activating group) is 1. The van der Waals surface area contributed by atoms with Crippen LogP contribution in [0, 0.1) is 29.6 Å². The van der Waals surface area contributed by atoms with Crippen molar-refractivity contribution in [2.45, 2.75) is 211 Å². The van der Waals surface area contributed by atoms with Crippen molar-refractivity contribution in [1.82, 2.24) is 58.5 Å². The lowest BCUT2D eigenvalue weighted by atomic mass is 9.94. The van der Waals surface area contributed by atoms with E-state index >= 15 is 0 Å². The zero-order valence-corrected chi connectivity index (χ0v) is 51.5. The molecule has 0 spiro atoms. The van der Waals surface area contributed by atoms with Gasteiger partial charge in [-0.2, -0.15) is 0 Å². The molecule has 1 heterocycles. The molecule has 11 amide bonds. The molecule has 0 bridgehead atoms. The molecule has 0 radical (unpaired) electrons. The second-order valence-corrected chi connectivity index (χ2v) is 23.5. The molecular weight excluding hydrogens is 1120 g/mol. The molecule has 4 rings (SSSR count). The number of benzene rings is 1. The van der Waals surface area contributed by atoms with Crippen LogP contribution in [0.5, 0.6) is 0 Å². The summed E-state index contributed by atoms with van der Waals surface area (Å²) >= 11 is 0. The minimum Gasteiger partial charge on any atom is -0.458 e. The van der Waals surface area contributed by atoms with Gasteiger partial charge < -0.3 is 79.2 Å². The monoisotopic (exact) mass is 1210 g/mol. The van der Waals surface area contributed by atoms with E-state index in [4.69, 9.17) is 10.5 Å². The molecule has 86 heavy (non-hydrogen) atoms. The molecule has 1 aliphatic heterocycles. The van der Waals surface area contributed by atoms with Crippen LogP contribution < -0.4 is 64.2 Å². The van der Waals surface area contributed by atoms with Crippen LogP contribution in [-0.2, 0) is 62.3 Å². The molecule has 3 fully saturated rings. The number of carbonyl (C=O) groups is 12. The zero-order chi connectivity index (χ0) is 64.3. The number of ether oxygens (including phenoxy) is 1. The predicted octanol–water partition coefficient (Wildman–Crippen LogP) is -1.82. The summed E-state index contributed by atoms with van der Waals surface area (Å²) in [6.45, 7) is 14.4. The highest BCUT2D eigenvalue weighted by Crippen LogP contribution is 2.51. The Labute approximate surface area is 503 Å². The van der Waals surface area contributed by atoms with Gasteiger partial charge in [0.15, 0.2) is 0 Å². The Balaban J connectivity index is 1.51. The largest absolute Gasteiger partial charge is 0.458 e. The van der Waals surface area contributed by atoms with Crippen molar-refractivity contribution >= 4 is 70.9 Å². The van der Waals surface area contributed by atoms with Gasteiger partial charge in [-0.3, -0.25) is 52.7 Å². The number of aliphatic hydroxyl groups is 2. The van der Waals surface area contributed by atoms with E-state index in [0.717, 1.165) is 18.4 Å². The van der Waals surface area contributed by atoms with Crippen LogP contribution in [0.1, 0.15) is 145 Å². The second-order valence-electron chi connectivity index (χ2n) is 23.5. The minimum atomic E-state index is -1.80. The Kier molecular flexibility index (Phi) is 27.3. The van der Waals surface area contributed by atoms with E-state index in [1.54, 1.807) is 55.5 Å². The standard InChI is InChI=1S/C59H94N12O15/c1-12-29(5)43(53(80)66-41(28-73)52(79)70-47-34(10)86-57(84)46(32(8)15-4)69-50(77)39(25-35-21-22-35)64-48(75)33(9)62-56(47)83)68-55(82)44(30(6)13-2)67-49(76)38(23-24-42(60)74)63-51(78)40(27-72)65-54(81)45(31(7)14-3)71-58(85)59(61-11)26-37(59)36-19-17-16-18-20-36/h16-20,29-35,37-41,43-47,61,72-73H,12-15,21-28H2,1-11H3,(H2,60,74)(H,62,83)(H,63,78)(H,64,75)(H,65,81)(H,66,80)(H,67,76)(H,68,82)(H,69,77)(H,70,79)(H,71,85)/t29-,30+,31-,32-,33-,34-,37-,38+,39-,40-,41-,43-,44+,45-,46-,47+,59?/m0/s1. The van der Waals surface area contributed by atoms with Crippen molar-refractivity contribution in [3.05, 3.63) is 35.9 Å². The first-order valence-corrected chi connectivity index (χ1v) is 30.1. The van der Waals surface area contributed by atoms with E-state index < -0.39 is 193 Å². The molecule has 1 unspecified atom stereocenters. The molecule has 2 aliphatic carbocycles. The highest BCUT2D eigenvalue weighted by atomic mass is 16.5. The van der Waals surface area contributed by atoms with Gasteiger partial charge in [0.2, 0.25) is 65.0 Å². The number of cyclic esters (lactones) is 1. The maximum atomic E-state index is 14.4. The Bertz CT molecular complexity index is 2570. The van der Waals surface area contributed by atoms with E-state index in [1.165, 1.54) is 13.8 Å². The molecule has 1 aromatic carbocycles. The van der Waals surface area contributed by atoms with E-state index in [2.05, 4.69) is 58.5 Å². The number of rotatable bonds is 31. The lowest BCUT2D eigenvalue weighted by Gasteiger charge is -2.31. The van der Waals surface area contributed by atoms with Gasteiger partial charge >= 0.3 is 5.97 Å². The van der Waals surface area contributed by atoms with Crippen LogP contribution in [0.25, 0.3) is 0 Å². The van der Waals surface area contributed by atoms with Gasteiger partial charge in [0, 0.05) is 12.3 Å². The van der Waals surface area contributed by atoms with Crippen LogP contribution >= 0.6 is 0 Å². The van der Waals surface area contributed by atoms with Crippen LogP contribution in [-0.4, -0.2) is 173 Å². The first-order chi connectivity index (χ1) is 40.6. The highest BCUT2D eigenvalue weighted by molar-refractivity contribution is 6.00. The molecule has 27 heteroatoms. The topological polar surface area (TPSA) is 413 Å². The average Bonchev–Trinajstić information content (AvgIpc) is 1.61. The molecule has 3 aliphatic rings. The van der Waals surface area contributed by atoms with E-state index in [0.29, 0.717) is 25.7 Å². The fourth-order valence-corrected chi connectivity index (χ4v) is 10.1. The minimum absolute atomic E-state index is 0.173. The van der Waals surface area contributed by atoms with Crippen LogP contribution in [0.4, 0.5) is 0 Å². The van der Waals surface area contributed by atoms with Gasteiger partial charge in [0.05, 0.1) is 13.2 Å². The Hall–Kier alpha value is -7.26. The molecule has 0 aromatic heterocycles. The Morgan fingerprint density at radius 1 is 0.640 bits per heavy atom. The maximum Gasteiger partial charge on any atom is 0.329 e. The van der Waals surface area contributed by atoms with Crippen molar-refractivity contribution in [1.29, 1.82) is 0 Å². The number of hydrogen-bond donors (Lipinski definition) is 14. The number of nitrogens with one attached hydrogen (secondary N) is 11. The summed E-state index contributed by atoms with van der Waals surface area (Å²) in [5.74, 6) is -12.6. The second kappa shape index (κ2) is 33.0. The number of nitrogens with two attached hydrogens (primary N) is 1. The summed E-state index contributed by atoms with van der Waals surface area (Å²) in [7, 11) is 1.65. The molecule has 1 aromatic rings. The summed E-state index contributed by atoms with van der Waals surface area (Å²) in [5.41, 5.74) is 5.39. The predicted molar refractivity (Wildman–Crippen MR) is 314 cm³/mol. The quantitative estimate of drug-likeness (QED) is 0.0364. The maximum absolute atomic E-state index is 14.4. The fourth-order valence-electron chi connectivity index (χ4n) is 10.1. The first-order valence-electron chi connectivity index (χ1n) is 30.1. The van der Waals surface area contributed by atoms with Gasteiger partial charge in [0.1, 0.15) is 72.1 Å². The molecule has 27 nitrogen and oxygen atoms in total. The molecule has 2 saturated carbocycles. The van der Waals surface area contributed by atoms with Crippen molar-refractivity contribution in [2.75, 3.05) is 20.3 Å². The zero-order valence-electron chi connectivity index (χ0n) is 51.5. The first kappa shape index (κ1) is 71.2. The van der Waals surface area contributed by atoms with Gasteiger partial charge in [-0.05, 0) is 75.3 Å². The summed E-state index contributed by atoms with van der Waals surface area (Å²) in [6.07, 6.45) is 1.59. The van der Waals surface area contributed by atoms with Crippen molar-refractivity contribution < 1.29 is 72.5 Å². The van der Waals surface area contributed by atoms with Crippen LogP contribution in [0.2, 0.25) is 0 Å². The molecular formula is C59H94N12O15. The number of aliphatic hydroxyl groups excluding tert-OH is 2. The third-order valence-corrected chi connectivity index (χ3v) is 17.1. The van der Waals surface area contributed by atoms with Crippen molar-refractivity contribution in [3.63, 3.8) is 0 Å². The number of amides is 11. The number of hydrogen-bond acceptors (Lipinski definition) is 16. The van der Waals surface area contributed by atoms with Gasteiger partial charge in [0.25, 0.3) is 0 Å². The third kappa shape index (κ3) is 19.4. The number of esters is 1. The normalized spacial score (nSPS) is 25.1. The van der Waals surface area contributed by atoms with E-state index in [-0.39, 0.29) is 24.7 Å². The summed E-state index contributed by atoms with van der Waals surface area (Å²) in [5, 5.41) is 49.9. The van der Waals surface area contributed by atoms with Crippen molar-refractivity contribution in [2.24, 2.45) is 35.3 Å². The molecule has 15 N–H and O–H groups in total. The SMILES string of the molecule is CC[C@@H](C)[C@@H](NC(=O)[C@@H](CCC(N)=O)NC(=O)[C@H](CO)NC(=O)[C@@H](NC(=O)C1(NC)C[C@H]1c1ccccc1)[C@@H](C)CC)C(=O)N[C@H](C(=O)N[C@@H](CO)C(=O)N[C@H]1C(=O)N[C@@H](C)C(=O)N[C@@H](CC2CC2)C(=O)N[C@@H]([C@@H](C)CC)C(=O)O[C@H]1C)[C@@H](C)CC. The molecule has 480 valence electrons. The summed E-state index contributed by atoms with van der Waals surface area (Å²) in [6, 6.07) is -4.91. The van der Waals surface area contributed by atoms with Gasteiger partial charge in [-0.15, -0.1) is 0 Å². The fraction of sp³-hybridized carbons (Fsp3) is 0.695. The average molecular weight is 1210 g/mol. The number of carbonyl (C=O) groups excluding carboxylic acids is 12. The van der Waals surface area contributed by atoms with Gasteiger partial charge in [-0.25, -0.2) is 4.79 Å². The van der Waals surface area contributed by atoms with Crippen LogP contribution in [0.3, 0.4) is 0 Å². The smallest absolute Gasteiger partial charge is 0.329 e. The van der Waals surface area contributed by atoms with E-state index in [1.807, 2.05) is 37.3 Å². The summed E-state index contributed by atoms with van der Waals surface area (Å²) in [4.78, 5) is 166. The summed E-state index contributed by atoms with van der Waals surface area (Å²) < 4.78 is 5.72. The number of primary amides is 1. The van der Waals surface area contributed by atoms with Crippen molar-refractivity contribution in [3.8, 4) is 0 Å². The highest BCUT2D eigenvalue weighted by Gasteiger charge is 2.60. The lowest BCUT2D eigenvalue weighted by Crippen LogP contribution is -2.63.